The zero-order valence-corrected chi connectivity index (χ0v) is 12.2. The van der Waals surface area contributed by atoms with Crippen LogP contribution in [-0.4, -0.2) is 25.5 Å². The van der Waals surface area contributed by atoms with Crippen LogP contribution in [0.5, 0.6) is 0 Å². The zero-order chi connectivity index (χ0) is 13.6. The number of anilines is 2. The van der Waals surface area contributed by atoms with E-state index in [1.54, 1.807) is 12.1 Å². The van der Waals surface area contributed by atoms with Crippen molar-refractivity contribution in [1.29, 1.82) is 0 Å². The molecule has 2 rings (SSSR count). The number of hydrogen-bond acceptors (Lipinski definition) is 4. The third kappa shape index (κ3) is 2.84. The minimum Gasteiger partial charge on any atom is -0.399 e. The monoisotopic (exact) mass is 308 g/mol. The fraction of sp³-hybridized carbons (Fsp3) is 0.455. The van der Waals surface area contributed by atoms with Crippen LogP contribution in [0.1, 0.15) is 13.3 Å². The number of nitrogens with two attached hydrogens (primary N) is 1. The second kappa shape index (κ2) is 4.47. The summed E-state index contributed by atoms with van der Waals surface area (Å²) < 4.78 is 23.1. The Kier molecular flexibility index (Phi) is 3.42. The second-order valence-electron chi connectivity index (χ2n) is 4.89. The summed E-state index contributed by atoms with van der Waals surface area (Å²) in [6, 6.07) is 3.17. The summed E-state index contributed by atoms with van der Waals surface area (Å²) in [6.45, 7) is 1.85. The summed E-state index contributed by atoms with van der Waals surface area (Å²) in [6.07, 6.45) is 0.534. The van der Waals surface area contributed by atoms with E-state index in [1.807, 2.05) is 6.92 Å². The lowest BCUT2D eigenvalue weighted by Gasteiger charge is -2.26. The van der Waals surface area contributed by atoms with Gasteiger partial charge in [-0.15, -0.1) is 0 Å². The highest BCUT2D eigenvalue weighted by atomic mass is 35.5. The van der Waals surface area contributed by atoms with E-state index in [9.17, 15) is 8.42 Å². The molecular formula is C11H14Cl2N2O2S. The van der Waals surface area contributed by atoms with E-state index in [0.29, 0.717) is 27.8 Å². The Bertz CT molecular complexity index is 566. The Balaban J connectivity index is 2.31. The molecule has 1 unspecified atom stereocenters. The number of benzene rings is 1. The van der Waals surface area contributed by atoms with Crippen molar-refractivity contribution in [2.45, 2.75) is 18.9 Å². The first-order valence-electron chi connectivity index (χ1n) is 5.44. The number of hydrogen-bond donors (Lipinski definition) is 2. The van der Waals surface area contributed by atoms with Gasteiger partial charge in [-0.2, -0.15) is 0 Å². The zero-order valence-electron chi connectivity index (χ0n) is 9.83. The predicted molar refractivity (Wildman–Crippen MR) is 76.2 cm³/mol. The summed E-state index contributed by atoms with van der Waals surface area (Å²) in [7, 11) is -2.98. The van der Waals surface area contributed by atoms with Gasteiger partial charge in [0.05, 0.1) is 27.2 Å². The Morgan fingerprint density at radius 2 is 1.89 bits per heavy atom. The first-order valence-corrected chi connectivity index (χ1v) is 8.02. The molecule has 0 aliphatic carbocycles. The summed E-state index contributed by atoms with van der Waals surface area (Å²) in [5.41, 5.74) is 6.09. The van der Waals surface area contributed by atoms with Crippen molar-refractivity contribution in [1.82, 2.24) is 0 Å². The number of sulfone groups is 1. The average Bonchev–Trinajstić information content (AvgIpc) is 2.47. The molecule has 0 radical (unpaired) electrons. The largest absolute Gasteiger partial charge is 0.399 e. The highest BCUT2D eigenvalue weighted by molar-refractivity contribution is 7.91. The third-order valence-electron chi connectivity index (χ3n) is 2.99. The van der Waals surface area contributed by atoms with Gasteiger partial charge in [0.2, 0.25) is 0 Å². The fourth-order valence-corrected chi connectivity index (χ4v) is 4.81. The molecule has 0 spiro atoms. The average molecular weight is 309 g/mol. The molecule has 0 aromatic heterocycles. The Morgan fingerprint density at radius 1 is 1.33 bits per heavy atom. The van der Waals surface area contributed by atoms with E-state index >= 15 is 0 Å². The van der Waals surface area contributed by atoms with E-state index in [2.05, 4.69) is 5.32 Å². The number of nitrogens with one attached hydrogen (secondary N) is 1. The molecule has 1 saturated heterocycles. The van der Waals surface area contributed by atoms with Gasteiger partial charge < -0.3 is 11.1 Å². The van der Waals surface area contributed by atoms with Crippen LogP contribution in [0, 0.1) is 0 Å². The maximum absolute atomic E-state index is 11.5. The van der Waals surface area contributed by atoms with Gasteiger partial charge in [0, 0.05) is 11.2 Å². The van der Waals surface area contributed by atoms with Crippen molar-refractivity contribution in [3.63, 3.8) is 0 Å². The van der Waals surface area contributed by atoms with Gasteiger partial charge in [-0.25, -0.2) is 8.42 Å². The maximum atomic E-state index is 11.5. The van der Waals surface area contributed by atoms with Crippen LogP contribution >= 0.6 is 23.2 Å². The molecule has 0 bridgehead atoms. The van der Waals surface area contributed by atoms with Crippen LogP contribution in [-0.2, 0) is 9.84 Å². The van der Waals surface area contributed by atoms with Crippen molar-refractivity contribution >= 4 is 44.4 Å². The first-order chi connectivity index (χ1) is 8.21. The standard InChI is InChI=1S/C11H14Cl2N2O2S/c1-11(2-3-18(16,17)6-11)15-10-8(12)4-7(14)5-9(10)13/h4-5,15H,2-3,6,14H2,1H3. The van der Waals surface area contributed by atoms with Crippen molar-refractivity contribution in [2.24, 2.45) is 0 Å². The van der Waals surface area contributed by atoms with E-state index in [4.69, 9.17) is 28.9 Å². The topological polar surface area (TPSA) is 72.2 Å². The second-order valence-corrected chi connectivity index (χ2v) is 7.89. The summed E-state index contributed by atoms with van der Waals surface area (Å²) in [5, 5.41) is 3.93. The van der Waals surface area contributed by atoms with Crippen LogP contribution in [0.15, 0.2) is 12.1 Å². The maximum Gasteiger partial charge on any atom is 0.152 e. The predicted octanol–water partition coefficient (Wildman–Crippen LogP) is 2.56. The molecule has 3 N–H and O–H groups in total. The van der Waals surface area contributed by atoms with Crippen LogP contribution in [0.25, 0.3) is 0 Å². The SMILES string of the molecule is CC1(Nc2c(Cl)cc(N)cc2Cl)CCS(=O)(=O)C1. The van der Waals surface area contributed by atoms with Crippen molar-refractivity contribution in [3.8, 4) is 0 Å². The third-order valence-corrected chi connectivity index (χ3v) is 5.49. The highest BCUT2D eigenvalue weighted by Gasteiger charge is 2.38. The van der Waals surface area contributed by atoms with Gasteiger partial charge in [-0.05, 0) is 25.5 Å². The van der Waals surface area contributed by atoms with E-state index in [0.717, 1.165) is 0 Å². The van der Waals surface area contributed by atoms with Crippen molar-refractivity contribution in [3.05, 3.63) is 22.2 Å². The van der Waals surface area contributed by atoms with Crippen LogP contribution in [0.2, 0.25) is 10.0 Å². The Hall–Kier alpha value is -0.650. The van der Waals surface area contributed by atoms with Gasteiger partial charge >= 0.3 is 0 Å². The summed E-state index contributed by atoms with van der Waals surface area (Å²) in [5.74, 6) is 0.262. The molecule has 4 nitrogen and oxygen atoms in total. The summed E-state index contributed by atoms with van der Waals surface area (Å²) in [4.78, 5) is 0. The lowest BCUT2D eigenvalue weighted by Crippen LogP contribution is -2.36. The lowest BCUT2D eigenvalue weighted by molar-refractivity contribution is 0.574. The van der Waals surface area contributed by atoms with Gasteiger partial charge in [0.25, 0.3) is 0 Å². The number of halogens is 2. The van der Waals surface area contributed by atoms with Crippen molar-refractivity contribution < 1.29 is 8.42 Å². The number of rotatable bonds is 2. The van der Waals surface area contributed by atoms with Gasteiger partial charge in [-0.3, -0.25) is 0 Å². The molecule has 1 atom stereocenters. The molecule has 1 aromatic rings. The molecule has 1 aliphatic heterocycles. The van der Waals surface area contributed by atoms with E-state index < -0.39 is 15.4 Å². The molecule has 0 saturated carbocycles. The van der Waals surface area contributed by atoms with Crippen LogP contribution in [0.3, 0.4) is 0 Å². The molecule has 0 amide bonds. The quantitative estimate of drug-likeness (QED) is 0.824. The van der Waals surface area contributed by atoms with Crippen molar-refractivity contribution in [2.75, 3.05) is 22.6 Å². The highest BCUT2D eigenvalue weighted by Crippen LogP contribution is 2.37. The molecule has 18 heavy (non-hydrogen) atoms. The minimum atomic E-state index is -2.98. The lowest BCUT2D eigenvalue weighted by atomic mass is 10.0. The molecule has 7 heteroatoms. The smallest absolute Gasteiger partial charge is 0.152 e. The van der Waals surface area contributed by atoms with Gasteiger partial charge in [0.15, 0.2) is 9.84 Å². The molecule has 1 heterocycles. The minimum absolute atomic E-state index is 0.0804. The molecule has 1 fully saturated rings. The van der Waals surface area contributed by atoms with Gasteiger partial charge in [-0.1, -0.05) is 23.2 Å². The normalized spacial score (nSPS) is 26.2. The molecule has 1 aliphatic rings. The summed E-state index contributed by atoms with van der Waals surface area (Å²) >= 11 is 12.1. The van der Waals surface area contributed by atoms with Gasteiger partial charge in [0.1, 0.15) is 0 Å². The molecule has 100 valence electrons. The molecule has 1 aromatic carbocycles. The Labute approximate surface area is 116 Å². The number of nitrogen functional groups attached to an aromatic ring is 1. The Morgan fingerprint density at radius 3 is 2.33 bits per heavy atom. The van der Waals surface area contributed by atoms with Crippen LogP contribution in [0.4, 0.5) is 11.4 Å². The van der Waals surface area contributed by atoms with Crippen LogP contribution < -0.4 is 11.1 Å². The first kappa shape index (κ1) is 13.8. The fourth-order valence-electron chi connectivity index (χ4n) is 2.12. The van der Waals surface area contributed by atoms with E-state index in [-0.39, 0.29) is 11.5 Å². The molecular weight excluding hydrogens is 295 g/mol. The van der Waals surface area contributed by atoms with E-state index in [1.165, 1.54) is 0 Å².